The third kappa shape index (κ3) is 13.2. The maximum atomic E-state index is 11.4. The predicted molar refractivity (Wildman–Crippen MR) is 80.9 cm³/mol. The molecule has 0 radical (unpaired) electrons. The molecule has 20 heavy (non-hydrogen) atoms. The molecule has 0 aromatic rings. The molecule has 1 atom stereocenters. The number of carboxylic acid groups (broad SMARTS) is 1. The fourth-order valence-electron chi connectivity index (χ4n) is 2.05. The number of carbonyl (C=O) groups excluding carboxylic acids is 1. The van der Waals surface area contributed by atoms with Crippen LogP contribution in [0, 0.1) is 0 Å². The van der Waals surface area contributed by atoms with Gasteiger partial charge < -0.3 is 15.7 Å². The van der Waals surface area contributed by atoms with Gasteiger partial charge >= 0.3 is 12.0 Å². The molecule has 3 N–H and O–H groups in total. The Balaban J connectivity index is 3.33. The second-order valence-corrected chi connectivity index (χ2v) is 5.37. The van der Waals surface area contributed by atoms with Gasteiger partial charge in [-0.1, -0.05) is 51.9 Å². The monoisotopic (exact) mass is 286 g/mol. The van der Waals surface area contributed by atoms with Gasteiger partial charge in [-0.05, 0) is 13.3 Å². The Morgan fingerprint density at radius 3 is 2.10 bits per heavy atom. The molecule has 0 saturated heterocycles. The molecule has 2 amide bonds. The smallest absolute Gasteiger partial charge is 0.315 e. The van der Waals surface area contributed by atoms with Crippen LogP contribution in [0.25, 0.3) is 0 Å². The highest BCUT2D eigenvalue weighted by Crippen LogP contribution is 2.07. The summed E-state index contributed by atoms with van der Waals surface area (Å²) < 4.78 is 0. The second kappa shape index (κ2) is 12.8. The molecule has 0 spiro atoms. The maximum absolute atomic E-state index is 11.4. The molecule has 0 aromatic heterocycles. The van der Waals surface area contributed by atoms with Crippen LogP contribution in [0.3, 0.4) is 0 Å². The van der Waals surface area contributed by atoms with E-state index in [4.69, 9.17) is 5.11 Å². The van der Waals surface area contributed by atoms with Crippen LogP contribution in [0.15, 0.2) is 0 Å². The fraction of sp³-hybridized carbons (Fsp3) is 0.867. The molecule has 0 rings (SSSR count). The Morgan fingerprint density at radius 1 is 1.00 bits per heavy atom. The Labute approximate surface area is 122 Å². The van der Waals surface area contributed by atoms with E-state index in [1.165, 1.54) is 38.5 Å². The van der Waals surface area contributed by atoms with Gasteiger partial charge in [0.1, 0.15) is 0 Å². The lowest BCUT2D eigenvalue weighted by atomic mass is 10.1. The molecule has 118 valence electrons. The zero-order chi connectivity index (χ0) is 15.2. The number of hydrogen-bond donors (Lipinski definition) is 3. The summed E-state index contributed by atoms with van der Waals surface area (Å²) in [5, 5.41) is 13.9. The third-order valence-corrected chi connectivity index (χ3v) is 3.17. The van der Waals surface area contributed by atoms with E-state index in [0.29, 0.717) is 6.54 Å². The topological polar surface area (TPSA) is 78.4 Å². The molecule has 0 bridgehead atoms. The van der Waals surface area contributed by atoms with Crippen molar-refractivity contribution in [3.8, 4) is 0 Å². The molecule has 1 unspecified atom stereocenters. The Morgan fingerprint density at radius 2 is 1.55 bits per heavy atom. The molecule has 0 heterocycles. The molecular formula is C15H30N2O3. The van der Waals surface area contributed by atoms with Crippen molar-refractivity contribution in [3.63, 3.8) is 0 Å². The first-order chi connectivity index (χ1) is 9.56. The van der Waals surface area contributed by atoms with Gasteiger partial charge in [-0.2, -0.15) is 0 Å². The first-order valence-corrected chi connectivity index (χ1v) is 7.82. The lowest BCUT2D eigenvalue weighted by Crippen LogP contribution is -2.41. The van der Waals surface area contributed by atoms with Crippen molar-refractivity contribution in [2.24, 2.45) is 0 Å². The molecular weight excluding hydrogens is 256 g/mol. The van der Waals surface area contributed by atoms with E-state index < -0.39 is 5.97 Å². The van der Waals surface area contributed by atoms with Gasteiger partial charge in [0.15, 0.2) is 0 Å². The minimum atomic E-state index is -0.902. The number of unbranched alkanes of at least 4 members (excludes halogenated alkanes) is 7. The van der Waals surface area contributed by atoms with Crippen molar-refractivity contribution in [1.82, 2.24) is 10.6 Å². The highest BCUT2D eigenvalue weighted by Gasteiger charge is 2.09. The van der Waals surface area contributed by atoms with Crippen LogP contribution in [0.4, 0.5) is 4.79 Å². The predicted octanol–water partition coefficient (Wildman–Crippen LogP) is 3.29. The largest absolute Gasteiger partial charge is 0.481 e. The van der Waals surface area contributed by atoms with Gasteiger partial charge in [-0.15, -0.1) is 0 Å². The van der Waals surface area contributed by atoms with E-state index in [1.807, 2.05) is 0 Å². The van der Waals surface area contributed by atoms with Crippen molar-refractivity contribution in [1.29, 1.82) is 0 Å². The summed E-state index contributed by atoms with van der Waals surface area (Å²) in [4.78, 5) is 21.9. The van der Waals surface area contributed by atoms with Gasteiger partial charge in [0.25, 0.3) is 0 Å². The number of aliphatic carboxylic acids is 1. The van der Waals surface area contributed by atoms with E-state index in [1.54, 1.807) is 6.92 Å². The van der Waals surface area contributed by atoms with Crippen LogP contribution < -0.4 is 10.6 Å². The number of amides is 2. The van der Waals surface area contributed by atoms with E-state index >= 15 is 0 Å². The first-order valence-electron chi connectivity index (χ1n) is 7.82. The third-order valence-electron chi connectivity index (χ3n) is 3.17. The molecule has 0 aliphatic carbocycles. The quantitative estimate of drug-likeness (QED) is 0.482. The summed E-state index contributed by atoms with van der Waals surface area (Å²) in [5.41, 5.74) is 0. The molecule has 5 heteroatoms. The summed E-state index contributed by atoms with van der Waals surface area (Å²) in [6, 6.07) is -0.618. The number of carbonyl (C=O) groups is 2. The molecule has 0 aliphatic heterocycles. The standard InChI is InChI=1S/C15H30N2O3/c1-3-4-5-6-7-8-9-10-11-16-15(20)17-13(2)12-14(18)19/h13H,3-12H2,1-2H3,(H,18,19)(H2,16,17,20). The Hall–Kier alpha value is -1.26. The minimum Gasteiger partial charge on any atom is -0.481 e. The second-order valence-electron chi connectivity index (χ2n) is 5.37. The number of hydrogen-bond acceptors (Lipinski definition) is 2. The molecule has 0 saturated carbocycles. The summed E-state index contributed by atoms with van der Waals surface area (Å²) in [7, 11) is 0. The van der Waals surface area contributed by atoms with E-state index in [-0.39, 0.29) is 18.5 Å². The van der Waals surface area contributed by atoms with Crippen LogP contribution in [0.2, 0.25) is 0 Å². The zero-order valence-electron chi connectivity index (χ0n) is 12.9. The van der Waals surface area contributed by atoms with Crippen LogP contribution >= 0.6 is 0 Å². The Kier molecular flexibility index (Phi) is 12.0. The van der Waals surface area contributed by atoms with Crippen LogP contribution in [0.5, 0.6) is 0 Å². The van der Waals surface area contributed by atoms with Crippen LogP contribution in [-0.2, 0) is 4.79 Å². The lowest BCUT2D eigenvalue weighted by molar-refractivity contribution is -0.137. The van der Waals surface area contributed by atoms with Crippen molar-refractivity contribution in [2.75, 3.05) is 6.54 Å². The number of rotatable bonds is 12. The summed E-state index contributed by atoms with van der Waals surface area (Å²) in [6.45, 7) is 4.55. The molecule has 0 fully saturated rings. The van der Waals surface area contributed by atoms with E-state index in [2.05, 4.69) is 17.6 Å². The first kappa shape index (κ1) is 18.7. The highest BCUT2D eigenvalue weighted by molar-refractivity contribution is 5.75. The average molecular weight is 286 g/mol. The number of urea groups is 1. The van der Waals surface area contributed by atoms with Gasteiger partial charge in [0.2, 0.25) is 0 Å². The molecule has 5 nitrogen and oxygen atoms in total. The van der Waals surface area contributed by atoms with E-state index in [9.17, 15) is 9.59 Å². The van der Waals surface area contributed by atoms with Gasteiger partial charge in [0, 0.05) is 12.6 Å². The van der Waals surface area contributed by atoms with E-state index in [0.717, 1.165) is 12.8 Å². The van der Waals surface area contributed by atoms with Gasteiger partial charge in [-0.25, -0.2) is 4.79 Å². The normalized spacial score (nSPS) is 11.9. The molecule has 0 aromatic carbocycles. The van der Waals surface area contributed by atoms with Crippen LogP contribution in [-0.4, -0.2) is 29.7 Å². The zero-order valence-corrected chi connectivity index (χ0v) is 12.9. The van der Waals surface area contributed by atoms with Crippen molar-refractivity contribution in [2.45, 2.75) is 77.7 Å². The van der Waals surface area contributed by atoms with Crippen molar-refractivity contribution in [3.05, 3.63) is 0 Å². The fourth-order valence-corrected chi connectivity index (χ4v) is 2.05. The van der Waals surface area contributed by atoms with Crippen molar-refractivity contribution < 1.29 is 14.7 Å². The maximum Gasteiger partial charge on any atom is 0.315 e. The molecule has 0 aliphatic rings. The summed E-state index contributed by atoms with van der Waals surface area (Å²) in [5.74, 6) is -0.902. The average Bonchev–Trinajstić information content (AvgIpc) is 2.35. The highest BCUT2D eigenvalue weighted by atomic mass is 16.4. The lowest BCUT2D eigenvalue weighted by Gasteiger charge is -2.12. The van der Waals surface area contributed by atoms with Gasteiger partial charge in [0.05, 0.1) is 6.42 Å². The SMILES string of the molecule is CCCCCCCCCCNC(=O)NC(C)CC(=O)O. The number of nitrogens with one attached hydrogen (secondary N) is 2. The minimum absolute atomic E-state index is 0.0504. The Bertz CT molecular complexity index is 270. The van der Waals surface area contributed by atoms with Crippen LogP contribution in [0.1, 0.15) is 71.6 Å². The van der Waals surface area contributed by atoms with Crippen molar-refractivity contribution >= 4 is 12.0 Å². The van der Waals surface area contributed by atoms with Gasteiger partial charge in [-0.3, -0.25) is 4.79 Å². The number of carboxylic acids is 1. The summed E-state index contributed by atoms with van der Waals surface area (Å²) in [6.07, 6.45) is 9.82. The summed E-state index contributed by atoms with van der Waals surface area (Å²) >= 11 is 0.